The van der Waals surface area contributed by atoms with Gasteiger partial charge in [-0.3, -0.25) is 4.79 Å². The molecule has 7 heteroatoms. The number of carbonyl (C=O) groups is 1. The third-order valence-electron chi connectivity index (χ3n) is 3.54. The number of aliphatic hydroxyl groups excluding tert-OH is 2. The van der Waals surface area contributed by atoms with E-state index in [1.807, 2.05) is 0 Å². The Balaban J connectivity index is 2.29. The zero-order valence-electron chi connectivity index (χ0n) is 10.6. The molecule has 2 rings (SSSR count). The highest BCUT2D eigenvalue weighted by atomic mass is 35.5. The van der Waals surface area contributed by atoms with Gasteiger partial charge >= 0.3 is 0 Å². The second-order valence-corrected chi connectivity index (χ2v) is 5.55. The maximum absolute atomic E-state index is 12.0. The van der Waals surface area contributed by atoms with E-state index in [0.717, 1.165) is 0 Å². The van der Waals surface area contributed by atoms with E-state index < -0.39 is 6.04 Å². The van der Waals surface area contributed by atoms with Crippen molar-refractivity contribution < 1.29 is 20.1 Å². The van der Waals surface area contributed by atoms with Crippen LogP contribution in [0.2, 0.25) is 10.0 Å². The average Bonchev–Trinajstić information content (AvgIpc) is 2.78. The summed E-state index contributed by atoms with van der Waals surface area (Å²) in [4.78, 5) is 13.4. The van der Waals surface area contributed by atoms with Crippen LogP contribution in [-0.4, -0.2) is 51.9 Å². The number of phenols is 1. The van der Waals surface area contributed by atoms with E-state index in [9.17, 15) is 9.90 Å². The van der Waals surface area contributed by atoms with E-state index in [1.165, 1.54) is 17.0 Å². The van der Waals surface area contributed by atoms with Crippen LogP contribution in [0.3, 0.4) is 0 Å². The van der Waals surface area contributed by atoms with Gasteiger partial charge in [0.2, 0.25) is 5.91 Å². The Morgan fingerprint density at radius 3 is 2.55 bits per heavy atom. The lowest BCUT2D eigenvalue weighted by atomic mass is 9.97. The van der Waals surface area contributed by atoms with E-state index in [2.05, 4.69) is 0 Å². The summed E-state index contributed by atoms with van der Waals surface area (Å²) in [7, 11) is 0. The second kappa shape index (κ2) is 6.18. The Morgan fingerprint density at radius 2 is 1.95 bits per heavy atom. The number of hydrogen-bond acceptors (Lipinski definition) is 4. The normalized spacial score (nSPS) is 19.1. The molecule has 20 heavy (non-hydrogen) atoms. The third-order valence-corrected chi connectivity index (χ3v) is 4.36. The van der Waals surface area contributed by atoms with Gasteiger partial charge in [0.1, 0.15) is 5.75 Å². The molecule has 1 aromatic rings. The molecule has 1 atom stereocenters. The van der Waals surface area contributed by atoms with Gasteiger partial charge in [-0.2, -0.15) is 0 Å². The molecular formula is C13H15Cl2NO4. The Bertz CT molecular complexity index is 519. The summed E-state index contributed by atoms with van der Waals surface area (Å²) < 4.78 is 0. The Labute approximate surface area is 126 Å². The molecule has 1 saturated heterocycles. The SMILES string of the molecule is O=C1C[C@@H](c2c(O)ccc(Cl)c2Cl)CN1C(CO)CO. The molecule has 1 aromatic carbocycles. The number of aliphatic hydroxyl groups is 2. The summed E-state index contributed by atoms with van der Waals surface area (Å²) in [6.45, 7) is -0.354. The first kappa shape index (κ1) is 15.4. The minimum atomic E-state index is -0.632. The first-order valence-electron chi connectivity index (χ1n) is 6.17. The zero-order valence-corrected chi connectivity index (χ0v) is 12.1. The van der Waals surface area contributed by atoms with Crippen molar-refractivity contribution in [3.8, 4) is 5.75 Å². The van der Waals surface area contributed by atoms with Crippen LogP contribution < -0.4 is 0 Å². The second-order valence-electron chi connectivity index (χ2n) is 4.76. The highest BCUT2D eigenvalue weighted by molar-refractivity contribution is 6.42. The number of likely N-dealkylation sites (tertiary alicyclic amines) is 1. The number of phenolic OH excluding ortho intramolecular Hbond substituents is 1. The van der Waals surface area contributed by atoms with Crippen LogP contribution in [0.15, 0.2) is 12.1 Å². The Kier molecular flexibility index (Phi) is 4.75. The molecule has 0 radical (unpaired) electrons. The molecule has 0 aromatic heterocycles. The van der Waals surface area contributed by atoms with Gasteiger partial charge in [-0.25, -0.2) is 0 Å². The third kappa shape index (κ3) is 2.72. The maximum Gasteiger partial charge on any atom is 0.223 e. The number of amides is 1. The van der Waals surface area contributed by atoms with E-state index in [-0.39, 0.29) is 48.8 Å². The predicted molar refractivity (Wildman–Crippen MR) is 75.2 cm³/mol. The molecule has 1 heterocycles. The minimum absolute atomic E-state index is 0.0106. The smallest absolute Gasteiger partial charge is 0.223 e. The van der Waals surface area contributed by atoms with Crippen LogP contribution >= 0.6 is 23.2 Å². The van der Waals surface area contributed by atoms with Crippen molar-refractivity contribution in [2.24, 2.45) is 0 Å². The van der Waals surface area contributed by atoms with Gasteiger partial charge in [0, 0.05) is 24.4 Å². The summed E-state index contributed by atoms with van der Waals surface area (Å²) in [5, 5.41) is 28.8. The summed E-state index contributed by atoms with van der Waals surface area (Å²) in [6.07, 6.45) is 0.157. The lowest BCUT2D eigenvalue weighted by Gasteiger charge is -2.25. The number of halogens is 2. The summed E-state index contributed by atoms with van der Waals surface area (Å²) in [5.74, 6) is -0.517. The summed E-state index contributed by atoms with van der Waals surface area (Å²) in [6, 6.07) is 2.29. The lowest BCUT2D eigenvalue weighted by Crippen LogP contribution is -2.41. The number of aromatic hydroxyl groups is 1. The highest BCUT2D eigenvalue weighted by Gasteiger charge is 2.37. The van der Waals surface area contributed by atoms with Gasteiger partial charge in [0.05, 0.1) is 29.3 Å². The van der Waals surface area contributed by atoms with Gasteiger partial charge in [-0.05, 0) is 12.1 Å². The summed E-state index contributed by atoms with van der Waals surface area (Å²) in [5.41, 5.74) is 0.435. The number of carbonyl (C=O) groups excluding carboxylic acids is 1. The van der Waals surface area contributed by atoms with Crippen molar-refractivity contribution in [2.75, 3.05) is 19.8 Å². The molecule has 5 nitrogen and oxygen atoms in total. The molecule has 1 amide bonds. The average molecular weight is 320 g/mol. The van der Waals surface area contributed by atoms with Crippen LogP contribution in [-0.2, 0) is 4.79 Å². The molecule has 110 valence electrons. The molecule has 1 aliphatic heterocycles. The molecule has 1 aliphatic rings. The quantitative estimate of drug-likeness (QED) is 0.783. The lowest BCUT2D eigenvalue weighted by molar-refractivity contribution is -0.131. The van der Waals surface area contributed by atoms with Crippen molar-refractivity contribution in [3.63, 3.8) is 0 Å². The predicted octanol–water partition coefficient (Wildman–Crippen LogP) is 1.37. The molecule has 0 bridgehead atoms. The van der Waals surface area contributed by atoms with E-state index in [0.29, 0.717) is 10.6 Å². The fourth-order valence-electron chi connectivity index (χ4n) is 2.48. The highest BCUT2D eigenvalue weighted by Crippen LogP contribution is 2.41. The molecule has 0 unspecified atom stereocenters. The molecule has 0 spiro atoms. The fourth-order valence-corrected chi connectivity index (χ4v) is 2.96. The molecular weight excluding hydrogens is 305 g/mol. The summed E-state index contributed by atoms with van der Waals surface area (Å²) >= 11 is 12.0. The maximum atomic E-state index is 12.0. The first-order chi connectivity index (χ1) is 9.49. The number of rotatable bonds is 4. The van der Waals surface area contributed by atoms with Gasteiger partial charge in [-0.15, -0.1) is 0 Å². The zero-order chi connectivity index (χ0) is 14.9. The van der Waals surface area contributed by atoms with Crippen LogP contribution in [0.25, 0.3) is 0 Å². The van der Waals surface area contributed by atoms with E-state index in [4.69, 9.17) is 33.4 Å². The largest absolute Gasteiger partial charge is 0.508 e. The van der Waals surface area contributed by atoms with Crippen molar-refractivity contribution >= 4 is 29.1 Å². The molecule has 1 fully saturated rings. The van der Waals surface area contributed by atoms with Crippen molar-refractivity contribution in [2.45, 2.75) is 18.4 Å². The fraction of sp³-hybridized carbons (Fsp3) is 0.462. The molecule has 3 N–H and O–H groups in total. The van der Waals surface area contributed by atoms with Gasteiger partial charge in [0.25, 0.3) is 0 Å². The van der Waals surface area contributed by atoms with Crippen LogP contribution in [0.1, 0.15) is 17.9 Å². The van der Waals surface area contributed by atoms with Crippen molar-refractivity contribution in [1.82, 2.24) is 4.90 Å². The van der Waals surface area contributed by atoms with Crippen LogP contribution in [0, 0.1) is 0 Å². The minimum Gasteiger partial charge on any atom is -0.508 e. The van der Waals surface area contributed by atoms with Crippen LogP contribution in [0.4, 0.5) is 0 Å². The van der Waals surface area contributed by atoms with E-state index >= 15 is 0 Å². The van der Waals surface area contributed by atoms with E-state index in [1.54, 1.807) is 0 Å². The Morgan fingerprint density at radius 1 is 1.30 bits per heavy atom. The van der Waals surface area contributed by atoms with Crippen LogP contribution in [0.5, 0.6) is 5.75 Å². The Hall–Kier alpha value is -1.01. The monoisotopic (exact) mass is 319 g/mol. The van der Waals surface area contributed by atoms with Gasteiger partial charge in [0.15, 0.2) is 0 Å². The molecule has 0 saturated carbocycles. The number of hydrogen-bond donors (Lipinski definition) is 3. The van der Waals surface area contributed by atoms with Gasteiger partial charge in [-0.1, -0.05) is 23.2 Å². The molecule has 0 aliphatic carbocycles. The van der Waals surface area contributed by atoms with Gasteiger partial charge < -0.3 is 20.2 Å². The number of benzene rings is 1. The topological polar surface area (TPSA) is 81.0 Å². The standard InChI is InChI=1S/C13H15Cl2NO4/c14-9-1-2-10(19)12(13(9)15)7-3-11(20)16(4-7)8(5-17)6-18/h1-2,7-8,17-19H,3-6H2/t7-/m1/s1. The first-order valence-corrected chi connectivity index (χ1v) is 6.93. The van der Waals surface area contributed by atoms with Crippen molar-refractivity contribution in [1.29, 1.82) is 0 Å². The number of nitrogens with zero attached hydrogens (tertiary/aromatic N) is 1. The van der Waals surface area contributed by atoms with Crippen molar-refractivity contribution in [3.05, 3.63) is 27.7 Å².